The molecule has 7 nitrogen and oxygen atoms in total. The Morgan fingerprint density at radius 1 is 1.23 bits per heavy atom. The molecule has 0 N–H and O–H groups in total. The number of hydrogen-bond donors (Lipinski definition) is 0. The summed E-state index contributed by atoms with van der Waals surface area (Å²) >= 11 is 0. The molecule has 160 valence electrons. The second kappa shape index (κ2) is 6.50. The summed E-state index contributed by atoms with van der Waals surface area (Å²) in [6.07, 6.45) is 7.22. The Labute approximate surface area is 177 Å². The number of morpholine rings is 1. The van der Waals surface area contributed by atoms with Gasteiger partial charge in [-0.25, -0.2) is 9.97 Å². The number of ether oxygens (including phenoxy) is 1. The number of amides is 1. The van der Waals surface area contributed by atoms with Gasteiger partial charge in [0.25, 0.3) is 5.91 Å². The zero-order valence-corrected chi connectivity index (χ0v) is 18.0. The van der Waals surface area contributed by atoms with E-state index in [4.69, 9.17) is 4.74 Å². The fourth-order valence-electron chi connectivity index (χ4n) is 6.54. The lowest BCUT2D eigenvalue weighted by Gasteiger charge is -2.58. The zero-order chi connectivity index (χ0) is 20.5. The number of rotatable bonds is 4. The number of nitrogens with zero attached hydrogens (tertiary/aromatic N) is 5. The van der Waals surface area contributed by atoms with Crippen molar-refractivity contribution in [2.75, 3.05) is 45.9 Å². The minimum atomic E-state index is 0.108. The molecule has 7 heteroatoms. The van der Waals surface area contributed by atoms with Crippen molar-refractivity contribution in [2.24, 2.45) is 16.7 Å². The van der Waals surface area contributed by atoms with E-state index in [-0.39, 0.29) is 11.3 Å². The van der Waals surface area contributed by atoms with Crippen LogP contribution in [0.15, 0.2) is 18.6 Å². The molecule has 0 aromatic carbocycles. The van der Waals surface area contributed by atoms with Crippen LogP contribution in [0.3, 0.4) is 0 Å². The molecule has 0 spiro atoms. The van der Waals surface area contributed by atoms with Gasteiger partial charge in [-0.2, -0.15) is 0 Å². The maximum atomic E-state index is 13.4. The van der Waals surface area contributed by atoms with E-state index in [0.29, 0.717) is 22.9 Å². The van der Waals surface area contributed by atoms with Crippen molar-refractivity contribution in [3.8, 4) is 0 Å². The Morgan fingerprint density at radius 3 is 2.77 bits per heavy atom. The molecule has 2 aromatic rings. The average Bonchev–Trinajstić information content (AvgIpc) is 3.40. The van der Waals surface area contributed by atoms with Gasteiger partial charge in [0.05, 0.1) is 25.1 Å². The third-order valence-electron chi connectivity index (χ3n) is 7.93. The van der Waals surface area contributed by atoms with Gasteiger partial charge in [-0.1, -0.05) is 13.8 Å². The molecule has 4 heterocycles. The first-order chi connectivity index (χ1) is 14.5. The molecule has 2 aliphatic heterocycles. The molecule has 4 aliphatic rings. The number of carbonyl (C=O) groups is 1. The summed E-state index contributed by atoms with van der Waals surface area (Å²) in [6.45, 7) is 11.2. The number of imidazole rings is 1. The largest absolute Gasteiger partial charge is 0.379 e. The SMILES string of the molecule is CC1(C)C[C@]2(CN3CCOCC3)CN(C(=O)c3cnc4c(c3)ncn4C3CC3)C[C@H]12. The van der Waals surface area contributed by atoms with Gasteiger partial charge in [0, 0.05) is 50.4 Å². The molecule has 1 amide bonds. The van der Waals surface area contributed by atoms with Crippen molar-refractivity contribution >= 4 is 17.1 Å². The van der Waals surface area contributed by atoms with E-state index in [2.05, 4.69) is 38.2 Å². The molecule has 0 unspecified atom stereocenters. The van der Waals surface area contributed by atoms with E-state index in [1.54, 1.807) is 6.20 Å². The number of carbonyl (C=O) groups excluding carboxylic acids is 1. The Bertz CT molecular complexity index is 991. The average molecular weight is 410 g/mol. The fraction of sp³-hybridized carbons (Fsp3) is 0.696. The highest BCUT2D eigenvalue weighted by Gasteiger charge is 2.63. The lowest BCUT2D eigenvalue weighted by molar-refractivity contribution is -0.0966. The summed E-state index contributed by atoms with van der Waals surface area (Å²) in [6, 6.07) is 2.48. The Hall–Kier alpha value is -1.99. The van der Waals surface area contributed by atoms with Crippen LogP contribution in [-0.2, 0) is 4.74 Å². The number of aromatic nitrogens is 3. The fourth-order valence-corrected chi connectivity index (χ4v) is 6.54. The molecular weight excluding hydrogens is 378 g/mol. The van der Waals surface area contributed by atoms with E-state index >= 15 is 0 Å². The van der Waals surface area contributed by atoms with Crippen molar-refractivity contribution in [1.82, 2.24) is 24.3 Å². The molecule has 2 saturated heterocycles. The molecular formula is C23H31N5O2. The quantitative estimate of drug-likeness (QED) is 0.777. The molecule has 2 aliphatic carbocycles. The highest BCUT2D eigenvalue weighted by molar-refractivity contribution is 5.96. The number of hydrogen-bond acceptors (Lipinski definition) is 5. The highest BCUT2D eigenvalue weighted by atomic mass is 16.5. The van der Waals surface area contributed by atoms with E-state index in [0.717, 1.165) is 57.1 Å². The summed E-state index contributed by atoms with van der Waals surface area (Å²) < 4.78 is 7.69. The van der Waals surface area contributed by atoms with Gasteiger partial charge in [-0.3, -0.25) is 9.69 Å². The van der Waals surface area contributed by atoms with Crippen molar-refractivity contribution in [3.63, 3.8) is 0 Å². The monoisotopic (exact) mass is 409 g/mol. The second-order valence-corrected chi connectivity index (χ2v) is 10.6. The van der Waals surface area contributed by atoms with Crippen LogP contribution in [0.2, 0.25) is 0 Å². The van der Waals surface area contributed by atoms with Crippen LogP contribution in [0.1, 0.15) is 49.5 Å². The highest BCUT2D eigenvalue weighted by Crippen LogP contribution is 2.63. The molecule has 4 fully saturated rings. The van der Waals surface area contributed by atoms with E-state index in [9.17, 15) is 4.79 Å². The van der Waals surface area contributed by atoms with Gasteiger partial charge in [-0.05, 0) is 36.7 Å². The maximum Gasteiger partial charge on any atom is 0.255 e. The molecule has 2 saturated carbocycles. The predicted molar refractivity (Wildman–Crippen MR) is 113 cm³/mol. The predicted octanol–water partition coefficient (Wildman–Crippen LogP) is 2.59. The van der Waals surface area contributed by atoms with Gasteiger partial charge < -0.3 is 14.2 Å². The van der Waals surface area contributed by atoms with Crippen LogP contribution < -0.4 is 0 Å². The Morgan fingerprint density at radius 2 is 2.03 bits per heavy atom. The molecule has 2 aromatic heterocycles. The van der Waals surface area contributed by atoms with Crippen LogP contribution >= 0.6 is 0 Å². The lowest BCUT2D eigenvalue weighted by Crippen LogP contribution is -2.59. The van der Waals surface area contributed by atoms with Crippen LogP contribution in [-0.4, -0.2) is 76.2 Å². The lowest BCUT2D eigenvalue weighted by atomic mass is 9.48. The zero-order valence-electron chi connectivity index (χ0n) is 18.0. The minimum absolute atomic E-state index is 0.108. The van der Waals surface area contributed by atoms with Crippen LogP contribution in [0, 0.1) is 16.7 Å². The van der Waals surface area contributed by atoms with E-state index < -0.39 is 0 Å². The van der Waals surface area contributed by atoms with Gasteiger partial charge >= 0.3 is 0 Å². The summed E-state index contributed by atoms with van der Waals surface area (Å²) in [5, 5.41) is 0. The van der Waals surface area contributed by atoms with Crippen molar-refractivity contribution in [2.45, 2.75) is 39.2 Å². The molecule has 0 bridgehead atoms. The first-order valence-electron chi connectivity index (χ1n) is 11.4. The summed E-state index contributed by atoms with van der Waals surface area (Å²) in [5.74, 6) is 0.666. The van der Waals surface area contributed by atoms with E-state index in [1.807, 2.05) is 12.4 Å². The van der Waals surface area contributed by atoms with Gasteiger partial charge in [0.1, 0.15) is 5.52 Å². The van der Waals surface area contributed by atoms with Gasteiger partial charge in [0.2, 0.25) is 0 Å². The maximum absolute atomic E-state index is 13.4. The number of likely N-dealkylation sites (tertiary alicyclic amines) is 1. The van der Waals surface area contributed by atoms with Crippen molar-refractivity contribution < 1.29 is 9.53 Å². The molecule has 6 rings (SSSR count). The Balaban J connectivity index is 1.23. The van der Waals surface area contributed by atoms with Gasteiger partial charge in [-0.15, -0.1) is 0 Å². The minimum Gasteiger partial charge on any atom is -0.379 e. The number of pyridine rings is 1. The summed E-state index contributed by atoms with van der Waals surface area (Å²) in [5.41, 5.74) is 2.93. The summed E-state index contributed by atoms with van der Waals surface area (Å²) in [4.78, 5) is 27.2. The van der Waals surface area contributed by atoms with Crippen molar-refractivity contribution in [1.29, 1.82) is 0 Å². The normalized spacial score (nSPS) is 31.0. The Kier molecular flexibility index (Phi) is 4.06. The molecule has 30 heavy (non-hydrogen) atoms. The molecule has 2 atom stereocenters. The first kappa shape index (κ1) is 18.8. The number of fused-ring (bicyclic) bond motifs is 2. The van der Waals surface area contributed by atoms with Crippen LogP contribution in [0.25, 0.3) is 11.2 Å². The molecule has 0 radical (unpaired) electrons. The second-order valence-electron chi connectivity index (χ2n) is 10.6. The smallest absolute Gasteiger partial charge is 0.255 e. The third-order valence-corrected chi connectivity index (χ3v) is 7.93. The van der Waals surface area contributed by atoms with Crippen LogP contribution in [0.5, 0.6) is 0 Å². The first-order valence-corrected chi connectivity index (χ1v) is 11.4. The van der Waals surface area contributed by atoms with Crippen LogP contribution in [0.4, 0.5) is 0 Å². The third kappa shape index (κ3) is 2.89. The standard InChI is InChI=1S/C23H31N5O2/c1-22(2)12-23(13-26-5-7-30-8-6-26)14-27(11-19(22)23)21(29)16-9-18-20(24-10-16)28(15-25-18)17-3-4-17/h9-10,15,17,19H,3-8,11-14H2,1-2H3/t19-,23+/m1/s1. The van der Waals surface area contributed by atoms with E-state index in [1.165, 1.54) is 19.3 Å². The van der Waals surface area contributed by atoms with Crippen molar-refractivity contribution in [3.05, 3.63) is 24.2 Å². The summed E-state index contributed by atoms with van der Waals surface area (Å²) in [7, 11) is 0. The topological polar surface area (TPSA) is 63.5 Å². The van der Waals surface area contributed by atoms with Gasteiger partial charge in [0.15, 0.2) is 5.65 Å².